The van der Waals surface area contributed by atoms with Crippen molar-refractivity contribution in [2.24, 2.45) is 0 Å². The molecule has 1 N–H and O–H groups in total. The molecule has 0 bridgehead atoms. The van der Waals surface area contributed by atoms with E-state index >= 15 is 0 Å². The molecule has 1 aromatic carbocycles. The highest BCUT2D eigenvalue weighted by molar-refractivity contribution is 9.10. The lowest BCUT2D eigenvalue weighted by atomic mass is 10.3. The Hall–Kier alpha value is -1.79. The molecule has 3 aromatic rings. The molecular formula is C13H8BrN3OS. The molecule has 0 aliphatic heterocycles. The zero-order valence-corrected chi connectivity index (χ0v) is 12.0. The molecule has 0 unspecified atom stereocenters. The minimum absolute atomic E-state index is 0.209. The van der Waals surface area contributed by atoms with Crippen molar-refractivity contribution >= 4 is 48.5 Å². The first-order valence-corrected chi connectivity index (χ1v) is 7.12. The summed E-state index contributed by atoms with van der Waals surface area (Å²) in [6, 6.07) is 11.2. The third-order valence-electron chi connectivity index (χ3n) is 2.50. The Morgan fingerprint density at radius 1 is 1.21 bits per heavy atom. The average Bonchev–Trinajstić information content (AvgIpc) is 2.81. The number of thiazole rings is 1. The second-order valence-corrected chi connectivity index (χ2v) is 5.65. The number of nitrogens with zero attached hydrogens (tertiary/aromatic N) is 2. The second kappa shape index (κ2) is 5.07. The largest absolute Gasteiger partial charge is 0.298 e. The van der Waals surface area contributed by atoms with Crippen LogP contribution in [0.3, 0.4) is 0 Å². The molecule has 0 saturated heterocycles. The minimum Gasteiger partial charge on any atom is -0.298 e. The van der Waals surface area contributed by atoms with Gasteiger partial charge in [0.2, 0.25) is 0 Å². The van der Waals surface area contributed by atoms with Crippen LogP contribution in [0, 0.1) is 0 Å². The van der Waals surface area contributed by atoms with Crippen LogP contribution in [-0.4, -0.2) is 15.9 Å². The van der Waals surface area contributed by atoms with E-state index in [1.54, 1.807) is 12.1 Å². The first kappa shape index (κ1) is 12.3. The third kappa shape index (κ3) is 2.64. The van der Waals surface area contributed by atoms with E-state index in [0.29, 0.717) is 15.3 Å². The highest BCUT2D eigenvalue weighted by Gasteiger charge is 2.09. The Kier molecular flexibility index (Phi) is 3.27. The molecule has 1 amide bonds. The number of para-hydroxylation sites is 1. The molecule has 0 radical (unpaired) electrons. The van der Waals surface area contributed by atoms with Crippen LogP contribution in [0.2, 0.25) is 0 Å². The van der Waals surface area contributed by atoms with E-state index < -0.39 is 0 Å². The quantitative estimate of drug-likeness (QED) is 0.727. The fourth-order valence-electron chi connectivity index (χ4n) is 1.61. The number of hydrogen-bond acceptors (Lipinski definition) is 4. The van der Waals surface area contributed by atoms with E-state index in [2.05, 4.69) is 31.2 Å². The zero-order chi connectivity index (χ0) is 13.2. The van der Waals surface area contributed by atoms with Gasteiger partial charge in [-0.25, -0.2) is 9.97 Å². The lowest BCUT2D eigenvalue weighted by molar-refractivity contribution is 0.102. The van der Waals surface area contributed by atoms with Gasteiger partial charge in [0.1, 0.15) is 4.60 Å². The van der Waals surface area contributed by atoms with Crippen LogP contribution in [0.1, 0.15) is 10.4 Å². The van der Waals surface area contributed by atoms with Crippen LogP contribution in [0.25, 0.3) is 10.2 Å². The summed E-state index contributed by atoms with van der Waals surface area (Å²) in [5.41, 5.74) is 1.39. The number of carbonyl (C=O) groups is 1. The number of anilines is 1. The summed E-state index contributed by atoms with van der Waals surface area (Å²) >= 11 is 4.68. The van der Waals surface area contributed by atoms with Crippen molar-refractivity contribution in [3.63, 3.8) is 0 Å². The van der Waals surface area contributed by atoms with E-state index in [-0.39, 0.29) is 5.91 Å². The van der Waals surface area contributed by atoms with Crippen molar-refractivity contribution in [1.82, 2.24) is 9.97 Å². The Morgan fingerprint density at radius 3 is 2.79 bits per heavy atom. The number of nitrogens with one attached hydrogen (secondary N) is 1. The summed E-state index contributed by atoms with van der Waals surface area (Å²) in [4.78, 5) is 20.4. The van der Waals surface area contributed by atoms with Gasteiger partial charge in [0.05, 0.1) is 15.8 Å². The van der Waals surface area contributed by atoms with Gasteiger partial charge >= 0.3 is 0 Å². The standard InChI is InChI=1S/C13H8BrN3OS/c14-11-6-5-8(7-15-11)12(18)17-13-16-9-3-1-2-4-10(9)19-13/h1-7H,(H,16,17,18). The molecule has 0 aliphatic rings. The molecule has 0 fully saturated rings. The van der Waals surface area contributed by atoms with Crippen molar-refractivity contribution in [3.8, 4) is 0 Å². The van der Waals surface area contributed by atoms with Gasteiger partial charge in [-0.3, -0.25) is 10.1 Å². The van der Waals surface area contributed by atoms with Gasteiger partial charge < -0.3 is 0 Å². The Labute approximate surface area is 121 Å². The van der Waals surface area contributed by atoms with Crippen molar-refractivity contribution in [1.29, 1.82) is 0 Å². The average molecular weight is 334 g/mol. The summed E-state index contributed by atoms with van der Waals surface area (Å²) in [5.74, 6) is -0.209. The van der Waals surface area contributed by atoms with E-state index in [1.165, 1.54) is 17.5 Å². The molecule has 0 atom stereocenters. The first-order valence-electron chi connectivity index (χ1n) is 5.51. The number of pyridine rings is 1. The topological polar surface area (TPSA) is 54.9 Å². The number of benzene rings is 1. The normalized spacial score (nSPS) is 10.6. The first-order chi connectivity index (χ1) is 9.22. The van der Waals surface area contributed by atoms with Crippen LogP contribution < -0.4 is 5.32 Å². The van der Waals surface area contributed by atoms with Gasteiger partial charge in [0.25, 0.3) is 5.91 Å². The maximum absolute atomic E-state index is 12.0. The maximum atomic E-state index is 12.0. The van der Waals surface area contributed by atoms with E-state index in [1.807, 2.05) is 24.3 Å². The van der Waals surface area contributed by atoms with Crippen LogP contribution in [0.15, 0.2) is 47.2 Å². The van der Waals surface area contributed by atoms with E-state index in [4.69, 9.17) is 0 Å². The van der Waals surface area contributed by atoms with Gasteiger partial charge in [-0.1, -0.05) is 23.5 Å². The molecule has 3 rings (SSSR count). The van der Waals surface area contributed by atoms with Crippen LogP contribution >= 0.6 is 27.3 Å². The molecule has 0 spiro atoms. The number of amides is 1. The molecule has 2 aromatic heterocycles. The number of rotatable bonds is 2. The molecule has 19 heavy (non-hydrogen) atoms. The number of fused-ring (bicyclic) bond motifs is 1. The highest BCUT2D eigenvalue weighted by Crippen LogP contribution is 2.25. The summed E-state index contributed by atoms with van der Waals surface area (Å²) < 4.78 is 1.75. The van der Waals surface area contributed by atoms with E-state index in [9.17, 15) is 4.79 Å². The van der Waals surface area contributed by atoms with Gasteiger partial charge in [-0.2, -0.15) is 0 Å². The molecule has 4 nitrogen and oxygen atoms in total. The van der Waals surface area contributed by atoms with Crippen molar-refractivity contribution in [3.05, 3.63) is 52.8 Å². The van der Waals surface area contributed by atoms with Gasteiger partial charge in [0.15, 0.2) is 5.13 Å². The van der Waals surface area contributed by atoms with Crippen molar-refractivity contribution in [2.75, 3.05) is 5.32 Å². The zero-order valence-electron chi connectivity index (χ0n) is 9.63. The Morgan fingerprint density at radius 2 is 2.05 bits per heavy atom. The molecular weight excluding hydrogens is 326 g/mol. The smallest absolute Gasteiger partial charge is 0.259 e. The summed E-state index contributed by atoms with van der Waals surface area (Å²) in [5, 5.41) is 3.37. The Bertz CT molecular complexity index is 706. The fourth-order valence-corrected chi connectivity index (χ4v) is 2.70. The lowest BCUT2D eigenvalue weighted by Gasteiger charge is -2.00. The number of carbonyl (C=O) groups excluding carboxylic acids is 1. The molecule has 94 valence electrons. The monoisotopic (exact) mass is 333 g/mol. The number of halogens is 1. The van der Waals surface area contributed by atoms with Crippen LogP contribution in [0.5, 0.6) is 0 Å². The third-order valence-corrected chi connectivity index (χ3v) is 3.92. The van der Waals surface area contributed by atoms with E-state index in [0.717, 1.165) is 10.2 Å². The van der Waals surface area contributed by atoms with Crippen LogP contribution in [-0.2, 0) is 0 Å². The minimum atomic E-state index is -0.209. The number of hydrogen-bond donors (Lipinski definition) is 1. The second-order valence-electron chi connectivity index (χ2n) is 3.81. The van der Waals surface area contributed by atoms with Crippen LogP contribution in [0.4, 0.5) is 5.13 Å². The Balaban J connectivity index is 1.84. The lowest BCUT2D eigenvalue weighted by Crippen LogP contribution is -2.11. The molecule has 2 heterocycles. The molecule has 0 aliphatic carbocycles. The number of aromatic nitrogens is 2. The summed E-state index contributed by atoms with van der Waals surface area (Å²) in [7, 11) is 0. The van der Waals surface area contributed by atoms with Gasteiger partial charge in [0, 0.05) is 6.20 Å². The van der Waals surface area contributed by atoms with Crippen molar-refractivity contribution in [2.45, 2.75) is 0 Å². The summed E-state index contributed by atoms with van der Waals surface area (Å²) in [6.45, 7) is 0. The maximum Gasteiger partial charge on any atom is 0.259 e. The predicted octanol–water partition coefficient (Wildman–Crippen LogP) is 3.71. The van der Waals surface area contributed by atoms with Crippen molar-refractivity contribution < 1.29 is 4.79 Å². The van der Waals surface area contributed by atoms with Gasteiger partial charge in [-0.15, -0.1) is 0 Å². The summed E-state index contributed by atoms with van der Waals surface area (Å²) in [6.07, 6.45) is 1.52. The predicted molar refractivity (Wildman–Crippen MR) is 79.5 cm³/mol. The van der Waals surface area contributed by atoms with Gasteiger partial charge in [-0.05, 0) is 40.2 Å². The molecule has 0 saturated carbocycles. The molecule has 6 heteroatoms. The SMILES string of the molecule is O=C(Nc1nc2ccccc2s1)c1ccc(Br)nc1. The highest BCUT2D eigenvalue weighted by atomic mass is 79.9. The fraction of sp³-hybridized carbons (Fsp3) is 0.